The third kappa shape index (κ3) is 1.33. The zero-order valence-corrected chi connectivity index (χ0v) is 7.16. The SMILES string of the molecule is Cc1cc(C(F)(F)F)n(C)c1C. The molecule has 1 nitrogen and oxygen atoms in total. The summed E-state index contributed by atoms with van der Waals surface area (Å²) in [7, 11) is 1.42. The van der Waals surface area contributed by atoms with Crippen molar-refractivity contribution < 1.29 is 13.2 Å². The maximum atomic E-state index is 12.2. The van der Waals surface area contributed by atoms with Crippen LogP contribution < -0.4 is 0 Å². The second kappa shape index (κ2) is 2.54. The van der Waals surface area contributed by atoms with E-state index in [0.717, 1.165) is 10.6 Å². The van der Waals surface area contributed by atoms with Gasteiger partial charge in [0.2, 0.25) is 0 Å². The van der Waals surface area contributed by atoms with Crippen molar-refractivity contribution in [3.8, 4) is 0 Å². The van der Waals surface area contributed by atoms with E-state index < -0.39 is 11.9 Å². The van der Waals surface area contributed by atoms with E-state index >= 15 is 0 Å². The molecule has 0 saturated carbocycles. The Kier molecular flexibility index (Phi) is 1.94. The van der Waals surface area contributed by atoms with Crippen LogP contribution in [0, 0.1) is 13.8 Å². The predicted molar refractivity (Wildman–Crippen MR) is 39.9 cm³/mol. The Labute approximate surface area is 68.8 Å². The Hall–Kier alpha value is -0.930. The molecule has 0 aromatic carbocycles. The molecule has 1 aromatic rings. The molecule has 12 heavy (non-hydrogen) atoms. The summed E-state index contributed by atoms with van der Waals surface area (Å²) in [5, 5.41) is 0. The Morgan fingerprint density at radius 2 is 1.75 bits per heavy atom. The van der Waals surface area contributed by atoms with Gasteiger partial charge in [-0.2, -0.15) is 13.2 Å². The fraction of sp³-hybridized carbons (Fsp3) is 0.500. The van der Waals surface area contributed by atoms with Crippen LogP contribution in [0.25, 0.3) is 0 Å². The van der Waals surface area contributed by atoms with Gasteiger partial charge in [0, 0.05) is 12.7 Å². The average molecular weight is 177 g/mol. The number of aryl methyl sites for hydroxylation is 1. The van der Waals surface area contributed by atoms with Gasteiger partial charge in [-0.3, -0.25) is 0 Å². The van der Waals surface area contributed by atoms with E-state index in [9.17, 15) is 13.2 Å². The maximum Gasteiger partial charge on any atom is 0.431 e. The van der Waals surface area contributed by atoms with Crippen LogP contribution in [0.5, 0.6) is 0 Å². The summed E-state index contributed by atoms with van der Waals surface area (Å²) < 4.78 is 37.8. The monoisotopic (exact) mass is 177 g/mol. The van der Waals surface area contributed by atoms with Gasteiger partial charge in [-0.15, -0.1) is 0 Å². The summed E-state index contributed by atoms with van der Waals surface area (Å²) in [5.74, 6) is 0. The van der Waals surface area contributed by atoms with Crippen LogP contribution in [0.1, 0.15) is 17.0 Å². The zero-order chi connectivity index (χ0) is 9.52. The van der Waals surface area contributed by atoms with Gasteiger partial charge in [0.25, 0.3) is 0 Å². The number of hydrogen-bond donors (Lipinski definition) is 0. The number of halogens is 3. The van der Waals surface area contributed by atoms with Gasteiger partial charge < -0.3 is 4.57 Å². The van der Waals surface area contributed by atoms with Crippen molar-refractivity contribution in [2.75, 3.05) is 0 Å². The van der Waals surface area contributed by atoms with Crippen LogP contribution in [-0.4, -0.2) is 4.57 Å². The molecule has 0 atom stereocenters. The van der Waals surface area contributed by atoms with Crippen LogP contribution >= 0.6 is 0 Å². The van der Waals surface area contributed by atoms with Crippen LogP contribution in [0.3, 0.4) is 0 Å². The number of hydrogen-bond acceptors (Lipinski definition) is 0. The van der Waals surface area contributed by atoms with Gasteiger partial charge in [0.15, 0.2) is 0 Å². The van der Waals surface area contributed by atoms with Gasteiger partial charge in [-0.05, 0) is 25.5 Å². The molecule has 0 radical (unpaired) electrons. The van der Waals surface area contributed by atoms with Gasteiger partial charge >= 0.3 is 6.18 Å². The summed E-state index contributed by atoms with van der Waals surface area (Å²) >= 11 is 0. The highest BCUT2D eigenvalue weighted by atomic mass is 19.4. The number of rotatable bonds is 0. The molecule has 0 N–H and O–H groups in total. The minimum Gasteiger partial charge on any atom is -0.344 e. The molecule has 0 bridgehead atoms. The quantitative estimate of drug-likeness (QED) is 0.574. The van der Waals surface area contributed by atoms with Crippen LogP contribution in [0.2, 0.25) is 0 Å². The number of aromatic nitrogens is 1. The molecule has 0 amide bonds. The van der Waals surface area contributed by atoms with Gasteiger partial charge in [0.05, 0.1) is 0 Å². The average Bonchev–Trinajstić information content (AvgIpc) is 2.15. The third-order valence-electron chi connectivity index (χ3n) is 2.08. The topological polar surface area (TPSA) is 4.93 Å². The molecule has 0 unspecified atom stereocenters. The van der Waals surface area contributed by atoms with E-state index in [4.69, 9.17) is 0 Å². The van der Waals surface area contributed by atoms with Crippen LogP contribution in [0.15, 0.2) is 6.07 Å². The van der Waals surface area contributed by atoms with Crippen molar-refractivity contribution in [2.24, 2.45) is 7.05 Å². The Morgan fingerprint density at radius 1 is 1.25 bits per heavy atom. The van der Waals surface area contributed by atoms with E-state index in [0.29, 0.717) is 11.3 Å². The highest BCUT2D eigenvalue weighted by molar-refractivity contribution is 5.27. The summed E-state index contributed by atoms with van der Waals surface area (Å²) in [6, 6.07) is 1.16. The smallest absolute Gasteiger partial charge is 0.344 e. The lowest BCUT2D eigenvalue weighted by Gasteiger charge is -2.07. The van der Waals surface area contributed by atoms with Gasteiger partial charge in [-0.25, -0.2) is 0 Å². The van der Waals surface area contributed by atoms with E-state index in [2.05, 4.69) is 0 Å². The van der Waals surface area contributed by atoms with Gasteiger partial charge in [-0.1, -0.05) is 0 Å². The van der Waals surface area contributed by atoms with Crippen molar-refractivity contribution in [2.45, 2.75) is 20.0 Å². The molecule has 4 heteroatoms. The summed E-state index contributed by atoms with van der Waals surface area (Å²) in [6.45, 7) is 3.34. The standard InChI is InChI=1S/C8H10F3N/c1-5-4-7(8(9,10)11)12(3)6(5)2/h4H,1-3H3. The van der Waals surface area contributed by atoms with Crippen molar-refractivity contribution in [1.82, 2.24) is 4.57 Å². The molecule has 68 valence electrons. The molecule has 0 aliphatic heterocycles. The first kappa shape index (κ1) is 9.16. The Balaban J connectivity index is 3.28. The molecule has 0 saturated heterocycles. The second-order valence-corrected chi connectivity index (χ2v) is 2.85. The van der Waals surface area contributed by atoms with Gasteiger partial charge in [0.1, 0.15) is 5.69 Å². The lowest BCUT2D eigenvalue weighted by molar-refractivity contribution is -0.143. The third-order valence-corrected chi connectivity index (χ3v) is 2.08. The first-order chi connectivity index (χ1) is 5.34. The number of nitrogens with zero attached hydrogens (tertiary/aromatic N) is 1. The Bertz CT molecular complexity index is 296. The molecule has 1 rings (SSSR count). The minimum absolute atomic E-state index is 0.586. The fourth-order valence-corrected chi connectivity index (χ4v) is 1.12. The van der Waals surface area contributed by atoms with E-state index in [1.165, 1.54) is 7.05 Å². The molecular weight excluding hydrogens is 167 g/mol. The number of alkyl halides is 3. The summed E-state index contributed by atoms with van der Waals surface area (Å²) in [6.07, 6.45) is -4.24. The molecule has 0 fully saturated rings. The first-order valence-corrected chi connectivity index (χ1v) is 3.54. The second-order valence-electron chi connectivity index (χ2n) is 2.85. The lowest BCUT2D eigenvalue weighted by atomic mass is 10.3. The van der Waals surface area contributed by atoms with E-state index in [1.54, 1.807) is 13.8 Å². The summed E-state index contributed by atoms with van der Waals surface area (Å²) in [5.41, 5.74) is 0.740. The Morgan fingerprint density at radius 3 is 1.92 bits per heavy atom. The molecule has 1 aromatic heterocycles. The predicted octanol–water partition coefficient (Wildman–Crippen LogP) is 2.66. The highest BCUT2D eigenvalue weighted by Crippen LogP contribution is 2.31. The molecule has 1 heterocycles. The fourth-order valence-electron chi connectivity index (χ4n) is 1.12. The lowest BCUT2D eigenvalue weighted by Crippen LogP contribution is -2.11. The van der Waals surface area contributed by atoms with Crippen molar-refractivity contribution in [3.05, 3.63) is 23.0 Å². The van der Waals surface area contributed by atoms with Crippen molar-refractivity contribution in [1.29, 1.82) is 0 Å². The normalized spacial score (nSPS) is 12.2. The molecule has 0 aliphatic carbocycles. The van der Waals surface area contributed by atoms with Crippen molar-refractivity contribution >= 4 is 0 Å². The molecular formula is C8H10F3N. The van der Waals surface area contributed by atoms with E-state index in [-0.39, 0.29) is 0 Å². The van der Waals surface area contributed by atoms with Crippen LogP contribution in [-0.2, 0) is 13.2 Å². The van der Waals surface area contributed by atoms with Crippen LogP contribution in [0.4, 0.5) is 13.2 Å². The maximum absolute atomic E-state index is 12.2. The largest absolute Gasteiger partial charge is 0.431 e. The van der Waals surface area contributed by atoms with E-state index in [1.807, 2.05) is 0 Å². The summed E-state index contributed by atoms with van der Waals surface area (Å²) in [4.78, 5) is 0. The zero-order valence-electron chi connectivity index (χ0n) is 7.16. The van der Waals surface area contributed by atoms with Crippen molar-refractivity contribution in [3.63, 3.8) is 0 Å². The molecule has 0 aliphatic rings. The minimum atomic E-state index is -4.24. The molecule has 0 spiro atoms. The first-order valence-electron chi connectivity index (χ1n) is 3.54. The highest BCUT2D eigenvalue weighted by Gasteiger charge is 2.34.